The van der Waals surface area contributed by atoms with Crippen LogP contribution in [0.3, 0.4) is 0 Å². The average Bonchev–Trinajstić information content (AvgIpc) is 1.87. The maximum absolute atomic E-state index is 7.41. The number of hydrogen-bond donors (Lipinski definition) is 2. The van der Waals surface area contributed by atoms with Gasteiger partial charge in [-0.2, -0.15) is 0 Å². The van der Waals surface area contributed by atoms with Gasteiger partial charge in [0.05, 0.1) is 0 Å². The minimum atomic E-state index is -0.286. The van der Waals surface area contributed by atoms with E-state index in [9.17, 15) is 0 Å². The van der Waals surface area contributed by atoms with E-state index < -0.39 is 0 Å². The fraction of sp³-hybridized carbons (Fsp3) is 0. The van der Waals surface area contributed by atoms with Crippen LogP contribution in [0.2, 0.25) is 0 Å². The lowest BCUT2D eigenvalue weighted by Gasteiger charge is -1.95. The van der Waals surface area contributed by atoms with Gasteiger partial charge in [-0.25, -0.2) is 5.26 Å². The Hall–Kier alpha value is -0.0400. The van der Waals surface area contributed by atoms with Crippen LogP contribution in [-0.2, 0) is 30.1 Å². The summed E-state index contributed by atoms with van der Waals surface area (Å²) in [5.41, 5.74) is 0. The zero-order chi connectivity index (χ0) is 7.82. The van der Waals surface area contributed by atoms with Gasteiger partial charge in [-0.15, -0.1) is 0 Å². The van der Waals surface area contributed by atoms with Crippen molar-refractivity contribution in [2.24, 2.45) is 0 Å². The largest absolute Gasteiger partial charge is 0.288 e. The molecule has 0 radical (unpaired) electrons. The first-order valence-electron chi connectivity index (χ1n) is 1.66. The molecular weight excluding hydrogens is 265 g/mol. The van der Waals surface area contributed by atoms with Crippen LogP contribution in [0.1, 0.15) is 0 Å². The van der Waals surface area contributed by atoms with Crippen molar-refractivity contribution in [2.75, 3.05) is 0 Å². The summed E-state index contributed by atoms with van der Waals surface area (Å²) in [6.45, 7) is 0. The number of hydrogen-bond acceptors (Lipinski definition) is 8. The summed E-state index contributed by atoms with van der Waals surface area (Å²) in [6.07, 6.45) is 0. The van der Waals surface area contributed by atoms with Crippen molar-refractivity contribution >= 4 is 26.5 Å². The van der Waals surface area contributed by atoms with Crippen molar-refractivity contribution < 1.29 is 35.3 Å². The minimum absolute atomic E-state index is 0.286. The van der Waals surface area contributed by atoms with Gasteiger partial charge in [0.25, 0.3) is 3.90 Å². The first-order valence-corrected chi connectivity index (χ1v) is 2.74. The topological polar surface area (TPSA) is 99.5 Å². The van der Waals surface area contributed by atoms with Gasteiger partial charge in [-0.1, -0.05) is 0 Å². The maximum Gasteiger partial charge on any atom is 0.288 e. The maximum atomic E-state index is 7.41. The van der Waals surface area contributed by atoms with Crippen molar-refractivity contribution in [1.29, 1.82) is 5.41 Å². The molecule has 8 nitrogen and oxygen atoms in total. The Labute approximate surface area is 67.7 Å². The molecule has 0 atom stereocenters. The lowest BCUT2D eigenvalue weighted by Crippen LogP contribution is -2.00. The standard InChI is InChI=1S/CH2INO7/c2-1(3)5-7-9-10-8-6-4/h3-4H. The molecule has 0 aromatic rings. The third-order valence-electron chi connectivity index (χ3n) is 0.221. The van der Waals surface area contributed by atoms with Crippen LogP contribution < -0.4 is 0 Å². The summed E-state index contributed by atoms with van der Waals surface area (Å²) in [7, 11) is 0. The van der Waals surface area contributed by atoms with E-state index in [2.05, 4.69) is 30.1 Å². The third-order valence-corrected chi connectivity index (χ3v) is 0.401. The zero-order valence-corrected chi connectivity index (χ0v) is 6.43. The molecule has 2 N–H and O–H groups in total. The van der Waals surface area contributed by atoms with Crippen LogP contribution in [0.4, 0.5) is 0 Å². The van der Waals surface area contributed by atoms with Gasteiger partial charge in [0.1, 0.15) is 0 Å². The van der Waals surface area contributed by atoms with E-state index in [1.54, 1.807) is 0 Å². The molecule has 0 aliphatic carbocycles. The number of rotatable bonds is 5. The van der Waals surface area contributed by atoms with E-state index in [0.29, 0.717) is 0 Å². The molecule has 0 amide bonds. The summed E-state index contributed by atoms with van der Waals surface area (Å²) in [5, 5.41) is 30.7. The van der Waals surface area contributed by atoms with E-state index in [1.165, 1.54) is 22.6 Å². The normalized spacial score (nSPS) is 9.40. The highest BCUT2D eigenvalue weighted by Gasteiger charge is 1.93. The first kappa shape index (κ1) is 9.96. The molecule has 0 aliphatic heterocycles. The van der Waals surface area contributed by atoms with Crippen LogP contribution in [-0.4, -0.2) is 9.16 Å². The van der Waals surface area contributed by atoms with Gasteiger partial charge in [0.15, 0.2) is 0 Å². The highest BCUT2D eigenvalue weighted by molar-refractivity contribution is 14.1. The summed E-state index contributed by atoms with van der Waals surface area (Å²) < 4.78 is -0.286. The molecular formula is CH2INO7. The van der Waals surface area contributed by atoms with Crippen LogP contribution in [0.5, 0.6) is 0 Å². The minimum Gasteiger partial charge on any atom is -0.279 e. The van der Waals surface area contributed by atoms with Gasteiger partial charge in [0.2, 0.25) is 0 Å². The van der Waals surface area contributed by atoms with Crippen LogP contribution in [0.25, 0.3) is 0 Å². The molecule has 9 heteroatoms. The lowest BCUT2D eigenvalue weighted by atomic mass is 11.6. The second-order valence-electron chi connectivity index (χ2n) is 0.704. The van der Waals surface area contributed by atoms with E-state index in [4.69, 9.17) is 10.7 Å². The summed E-state index contributed by atoms with van der Waals surface area (Å²) in [5.74, 6) is 0. The van der Waals surface area contributed by atoms with E-state index >= 15 is 0 Å². The lowest BCUT2D eigenvalue weighted by molar-refractivity contribution is -0.781. The highest BCUT2D eigenvalue weighted by atomic mass is 127. The fourth-order valence-electron chi connectivity index (χ4n) is 0.0789. The van der Waals surface area contributed by atoms with Gasteiger partial charge < -0.3 is 0 Å². The molecule has 0 fully saturated rings. The molecule has 0 heterocycles. The van der Waals surface area contributed by atoms with Crippen molar-refractivity contribution in [3.63, 3.8) is 0 Å². The quantitative estimate of drug-likeness (QED) is 0.187. The van der Waals surface area contributed by atoms with Gasteiger partial charge in [-0.3, -0.25) is 10.3 Å². The van der Waals surface area contributed by atoms with E-state index in [-0.39, 0.29) is 3.90 Å². The van der Waals surface area contributed by atoms with Crippen molar-refractivity contribution in [2.45, 2.75) is 0 Å². The molecule has 0 aromatic carbocycles. The first-order chi connectivity index (χ1) is 4.77. The molecule has 10 heavy (non-hydrogen) atoms. The summed E-state index contributed by atoms with van der Waals surface area (Å²) in [6, 6.07) is 0. The second kappa shape index (κ2) is 7.07. The van der Waals surface area contributed by atoms with Gasteiger partial charge >= 0.3 is 0 Å². The van der Waals surface area contributed by atoms with E-state index in [1.807, 2.05) is 0 Å². The SMILES string of the molecule is N=C(I)OOOOOOO. The Bertz CT molecular complexity index is 95.6. The Balaban J connectivity index is 2.84. The molecule has 0 aliphatic rings. The number of nitrogens with one attached hydrogen (secondary N) is 1. The zero-order valence-electron chi connectivity index (χ0n) is 4.27. The van der Waals surface area contributed by atoms with Crippen LogP contribution in [0.15, 0.2) is 0 Å². The van der Waals surface area contributed by atoms with Gasteiger partial charge in [0, 0.05) is 37.7 Å². The highest BCUT2D eigenvalue weighted by Crippen LogP contribution is 1.91. The predicted molar refractivity (Wildman–Crippen MR) is 30.9 cm³/mol. The molecule has 0 saturated carbocycles. The Kier molecular flexibility index (Phi) is 7.04. The van der Waals surface area contributed by atoms with Crippen LogP contribution in [0, 0.1) is 5.41 Å². The molecule has 0 unspecified atom stereocenters. The predicted octanol–water partition coefficient (Wildman–Crippen LogP) is 0.504. The molecule has 60 valence electrons. The molecule has 0 rings (SSSR count). The van der Waals surface area contributed by atoms with Crippen molar-refractivity contribution in [3.05, 3.63) is 0 Å². The Morgan fingerprint density at radius 1 is 1.20 bits per heavy atom. The monoisotopic (exact) mass is 267 g/mol. The summed E-state index contributed by atoms with van der Waals surface area (Å²) in [4.78, 5) is 3.89. The second-order valence-corrected chi connectivity index (χ2v) is 1.68. The van der Waals surface area contributed by atoms with Gasteiger partial charge in [-0.05, 0) is 10.1 Å². The molecule has 0 spiro atoms. The molecule has 0 aromatic heterocycles. The Morgan fingerprint density at radius 2 is 1.80 bits per heavy atom. The smallest absolute Gasteiger partial charge is 0.279 e. The van der Waals surface area contributed by atoms with Crippen molar-refractivity contribution in [1.82, 2.24) is 0 Å². The van der Waals surface area contributed by atoms with Crippen LogP contribution >= 0.6 is 22.6 Å². The Morgan fingerprint density at radius 3 is 2.30 bits per heavy atom. The number of halogens is 1. The average molecular weight is 267 g/mol. The fourth-order valence-corrected chi connectivity index (χ4v) is 0.152. The molecule has 0 bridgehead atoms. The van der Waals surface area contributed by atoms with E-state index in [0.717, 1.165) is 0 Å². The summed E-state index contributed by atoms with van der Waals surface area (Å²) >= 11 is 1.48. The van der Waals surface area contributed by atoms with Crippen molar-refractivity contribution in [3.8, 4) is 0 Å². The third kappa shape index (κ3) is 7.96. The molecule has 0 saturated heterocycles.